The zero-order valence-corrected chi connectivity index (χ0v) is 12.4. The average molecular weight is 264 g/mol. The molecule has 0 aliphatic heterocycles. The largest absolute Gasteiger partial charge is 0.504 e. The van der Waals surface area contributed by atoms with E-state index < -0.39 is 0 Å². The van der Waals surface area contributed by atoms with Crippen molar-refractivity contribution < 1.29 is 10.2 Å². The third-order valence-corrected chi connectivity index (χ3v) is 3.78. The Morgan fingerprint density at radius 1 is 0.895 bits per heavy atom. The first-order chi connectivity index (χ1) is 9.20. The molecule has 0 radical (unpaired) electrons. The van der Waals surface area contributed by atoms with E-state index in [0.29, 0.717) is 5.92 Å². The smallest absolute Gasteiger partial charge is 0.160 e. The van der Waals surface area contributed by atoms with Crippen LogP contribution >= 0.6 is 0 Å². The highest BCUT2D eigenvalue weighted by atomic mass is 16.3. The normalized spacial score (nSPS) is 12.5. The quantitative estimate of drug-likeness (QED) is 0.466. The van der Waals surface area contributed by atoms with E-state index in [1.807, 2.05) is 12.1 Å². The molecular weight excluding hydrogens is 236 g/mol. The minimum absolute atomic E-state index is 0.00425. The summed E-state index contributed by atoms with van der Waals surface area (Å²) in [5, 5.41) is 19.6. The summed E-state index contributed by atoms with van der Waals surface area (Å²) in [5.41, 5.74) is 0.914. The van der Waals surface area contributed by atoms with E-state index in [4.69, 9.17) is 0 Å². The molecule has 2 N–H and O–H groups in total. The van der Waals surface area contributed by atoms with Crippen molar-refractivity contribution in [1.29, 1.82) is 0 Å². The minimum Gasteiger partial charge on any atom is -0.504 e. The van der Waals surface area contributed by atoms with Gasteiger partial charge in [0.2, 0.25) is 0 Å². The highest BCUT2D eigenvalue weighted by Gasteiger charge is 2.16. The predicted molar refractivity (Wildman–Crippen MR) is 80.8 cm³/mol. The van der Waals surface area contributed by atoms with E-state index in [2.05, 4.69) is 13.8 Å². The second kappa shape index (κ2) is 8.84. The van der Waals surface area contributed by atoms with Crippen molar-refractivity contribution in [2.45, 2.75) is 71.1 Å². The highest BCUT2D eigenvalue weighted by molar-refractivity contribution is 5.46. The van der Waals surface area contributed by atoms with Crippen LogP contribution in [-0.4, -0.2) is 10.2 Å². The fourth-order valence-corrected chi connectivity index (χ4v) is 2.68. The maximum atomic E-state index is 9.99. The van der Waals surface area contributed by atoms with Gasteiger partial charge in [0.05, 0.1) is 0 Å². The Labute approximate surface area is 117 Å². The van der Waals surface area contributed by atoms with Crippen LogP contribution in [0.4, 0.5) is 0 Å². The van der Waals surface area contributed by atoms with Gasteiger partial charge in [0, 0.05) is 5.56 Å². The molecule has 2 nitrogen and oxygen atoms in total. The monoisotopic (exact) mass is 264 g/mol. The first-order valence-electron chi connectivity index (χ1n) is 7.71. The number of rotatable bonds is 9. The van der Waals surface area contributed by atoms with Crippen molar-refractivity contribution in [1.82, 2.24) is 0 Å². The Morgan fingerprint density at radius 2 is 1.63 bits per heavy atom. The third kappa shape index (κ3) is 5.14. The molecule has 0 aromatic heterocycles. The van der Waals surface area contributed by atoms with Gasteiger partial charge in [0.1, 0.15) is 0 Å². The summed E-state index contributed by atoms with van der Waals surface area (Å²) >= 11 is 0. The van der Waals surface area contributed by atoms with E-state index >= 15 is 0 Å². The molecule has 1 aromatic rings. The van der Waals surface area contributed by atoms with Crippen LogP contribution < -0.4 is 0 Å². The van der Waals surface area contributed by atoms with Crippen molar-refractivity contribution in [2.24, 2.45) is 0 Å². The number of para-hydroxylation sites is 1. The van der Waals surface area contributed by atoms with Crippen molar-refractivity contribution in [2.75, 3.05) is 0 Å². The predicted octanol–water partition coefficient (Wildman–Crippen LogP) is 5.34. The van der Waals surface area contributed by atoms with E-state index in [-0.39, 0.29) is 11.5 Å². The summed E-state index contributed by atoms with van der Waals surface area (Å²) in [4.78, 5) is 0. The summed E-state index contributed by atoms with van der Waals surface area (Å²) < 4.78 is 0. The lowest BCUT2D eigenvalue weighted by molar-refractivity contribution is 0.390. The Bertz CT molecular complexity index is 360. The Hall–Kier alpha value is -1.18. The summed E-state index contributed by atoms with van der Waals surface area (Å²) in [6.07, 6.45) is 9.66. The molecule has 2 heteroatoms. The van der Waals surface area contributed by atoms with Gasteiger partial charge >= 0.3 is 0 Å². The van der Waals surface area contributed by atoms with Gasteiger partial charge < -0.3 is 10.2 Å². The summed E-state index contributed by atoms with van der Waals surface area (Å²) in [7, 11) is 0. The van der Waals surface area contributed by atoms with Gasteiger partial charge in [0.25, 0.3) is 0 Å². The molecule has 0 amide bonds. The lowest BCUT2D eigenvalue weighted by Crippen LogP contribution is -1.99. The van der Waals surface area contributed by atoms with Gasteiger partial charge in [-0.15, -0.1) is 0 Å². The van der Waals surface area contributed by atoms with Gasteiger partial charge in [-0.05, 0) is 24.8 Å². The molecular formula is C17H28O2. The van der Waals surface area contributed by atoms with Gasteiger partial charge in [-0.25, -0.2) is 0 Å². The zero-order valence-electron chi connectivity index (χ0n) is 12.4. The topological polar surface area (TPSA) is 40.5 Å². The Balaban J connectivity index is 2.58. The van der Waals surface area contributed by atoms with Crippen molar-refractivity contribution >= 4 is 0 Å². The van der Waals surface area contributed by atoms with Crippen LogP contribution in [0.25, 0.3) is 0 Å². The highest BCUT2D eigenvalue weighted by Crippen LogP contribution is 2.38. The van der Waals surface area contributed by atoms with Crippen LogP contribution in [0.1, 0.15) is 76.7 Å². The van der Waals surface area contributed by atoms with Crippen LogP contribution in [0, 0.1) is 0 Å². The third-order valence-electron chi connectivity index (χ3n) is 3.78. The molecule has 0 aliphatic carbocycles. The van der Waals surface area contributed by atoms with Gasteiger partial charge in [-0.2, -0.15) is 0 Å². The molecule has 19 heavy (non-hydrogen) atoms. The first-order valence-corrected chi connectivity index (χ1v) is 7.71. The van der Waals surface area contributed by atoms with Crippen molar-refractivity contribution in [3.8, 4) is 11.5 Å². The Morgan fingerprint density at radius 3 is 2.32 bits per heavy atom. The van der Waals surface area contributed by atoms with Gasteiger partial charge in [-0.1, -0.05) is 64.5 Å². The molecule has 0 aliphatic rings. The summed E-state index contributed by atoms with van der Waals surface area (Å²) in [6.45, 7) is 4.40. The standard InChI is InChI=1S/C17H28O2/c1-3-5-6-7-8-11-14(10-4-2)15-12-9-13-16(18)17(15)19/h9,12-14,18-19H,3-8,10-11H2,1-2H3/t14-/m0/s1. The molecule has 0 bridgehead atoms. The van der Waals surface area contributed by atoms with Crippen LogP contribution in [0.2, 0.25) is 0 Å². The first kappa shape index (κ1) is 15.9. The molecule has 0 heterocycles. The SMILES string of the molecule is CCCCCCC[C@H](CCC)c1cccc(O)c1O. The number of phenolic OH excluding ortho intramolecular Hbond substituents is 2. The summed E-state index contributed by atoms with van der Waals surface area (Å²) in [5.74, 6) is 0.456. The molecule has 0 fully saturated rings. The lowest BCUT2D eigenvalue weighted by Gasteiger charge is -2.18. The van der Waals surface area contributed by atoms with Crippen LogP contribution in [0.5, 0.6) is 11.5 Å². The van der Waals surface area contributed by atoms with E-state index in [1.54, 1.807) is 6.07 Å². The molecule has 0 saturated heterocycles. The van der Waals surface area contributed by atoms with Crippen LogP contribution in [-0.2, 0) is 0 Å². The Kier molecular flexibility index (Phi) is 7.39. The van der Waals surface area contributed by atoms with E-state index in [1.165, 1.54) is 32.1 Å². The molecule has 1 rings (SSSR count). The number of benzene rings is 1. The molecule has 0 saturated carbocycles. The minimum atomic E-state index is 0.00425. The zero-order chi connectivity index (χ0) is 14.1. The molecule has 0 spiro atoms. The second-order valence-electron chi connectivity index (χ2n) is 5.40. The number of unbranched alkanes of at least 4 members (excludes halogenated alkanes) is 4. The fourth-order valence-electron chi connectivity index (χ4n) is 2.68. The van der Waals surface area contributed by atoms with Crippen molar-refractivity contribution in [3.63, 3.8) is 0 Å². The molecule has 1 atom stereocenters. The molecule has 108 valence electrons. The van der Waals surface area contributed by atoms with Gasteiger partial charge in [0.15, 0.2) is 11.5 Å². The van der Waals surface area contributed by atoms with Gasteiger partial charge in [-0.3, -0.25) is 0 Å². The fraction of sp³-hybridized carbons (Fsp3) is 0.647. The summed E-state index contributed by atoms with van der Waals surface area (Å²) in [6, 6.07) is 5.31. The van der Waals surface area contributed by atoms with Crippen LogP contribution in [0.15, 0.2) is 18.2 Å². The number of hydrogen-bond donors (Lipinski definition) is 2. The molecule has 1 aromatic carbocycles. The van der Waals surface area contributed by atoms with E-state index in [9.17, 15) is 10.2 Å². The lowest BCUT2D eigenvalue weighted by atomic mass is 9.88. The number of phenols is 2. The van der Waals surface area contributed by atoms with Crippen LogP contribution in [0.3, 0.4) is 0 Å². The van der Waals surface area contributed by atoms with E-state index in [0.717, 1.165) is 24.8 Å². The maximum Gasteiger partial charge on any atom is 0.160 e. The van der Waals surface area contributed by atoms with Crippen molar-refractivity contribution in [3.05, 3.63) is 23.8 Å². The average Bonchev–Trinajstić information content (AvgIpc) is 2.41. The number of aromatic hydroxyl groups is 2. The maximum absolute atomic E-state index is 9.99. The molecule has 0 unspecified atom stereocenters. The second-order valence-corrected chi connectivity index (χ2v) is 5.40. The number of hydrogen-bond acceptors (Lipinski definition) is 2.